The molecule has 0 radical (unpaired) electrons. The average Bonchev–Trinajstić information content (AvgIpc) is 2.43. The summed E-state index contributed by atoms with van der Waals surface area (Å²) in [6.07, 6.45) is 2.95. The summed E-state index contributed by atoms with van der Waals surface area (Å²) < 4.78 is 23.8. The zero-order valence-electron chi connectivity index (χ0n) is 12.8. The van der Waals surface area contributed by atoms with Crippen molar-refractivity contribution in [3.8, 4) is 5.75 Å². The maximum Gasteiger partial charge on any atom is 0.305 e. The zero-order chi connectivity index (χ0) is 15.5. The van der Waals surface area contributed by atoms with Gasteiger partial charge >= 0.3 is 5.97 Å². The molecule has 0 aliphatic heterocycles. The second-order valence-corrected chi connectivity index (χ2v) is 4.79. The first-order chi connectivity index (χ1) is 10.2. The number of hydrogen-bond acceptors (Lipinski definition) is 4. The second kappa shape index (κ2) is 10.2. The highest BCUT2D eigenvalue weighted by molar-refractivity contribution is 5.69. The van der Waals surface area contributed by atoms with E-state index >= 15 is 0 Å². The Labute approximate surface area is 125 Å². The van der Waals surface area contributed by atoms with Crippen LogP contribution in [-0.2, 0) is 16.1 Å². The van der Waals surface area contributed by atoms with Gasteiger partial charge in [0.1, 0.15) is 11.6 Å². The van der Waals surface area contributed by atoms with E-state index in [0.29, 0.717) is 31.9 Å². The van der Waals surface area contributed by atoms with Crippen molar-refractivity contribution in [1.29, 1.82) is 0 Å². The molecule has 0 amide bonds. The first kappa shape index (κ1) is 17.4. The maximum absolute atomic E-state index is 13.4. The lowest BCUT2D eigenvalue weighted by molar-refractivity contribution is -0.143. The number of hydrogen-bond donors (Lipinski definition) is 1. The molecule has 0 atom stereocenters. The normalized spacial score (nSPS) is 10.4. The van der Waals surface area contributed by atoms with E-state index in [1.54, 1.807) is 6.92 Å². The Bertz CT molecular complexity index is 438. The second-order valence-electron chi connectivity index (χ2n) is 4.79. The number of ether oxygens (including phenoxy) is 2. The van der Waals surface area contributed by atoms with E-state index < -0.39 is 0 Å². The molecule has 1 aromatic rings. The Balaban J connectivity index is 2.22. The molecule has 118 valence electrons. The van der Waals surface area contributed by atoms with Crippen molar-refractivity contribution in [3.05, 3.63) is 29.6 Å². The van der Waals surface area contributed by atoms with Gasteiger partial charge in [-0.3, -0.25) is 4.79 Å². The fourth-order valence-electron chi connectivity index (χ4n) is 1.98. The van der Waals surface area contributed by atoms with Crippen LogP contribution in [0.5, 0.6) is 5.75 Å². The van der Waals surface area contributed by atoms with Crippen LogP contribution in [0.1, 0.15) is 38.2 Å². The fraction of sp³-hybridized carbons (Fsp3) is 0.562. The van der Waals surface area contributed by atoms with Gasteiger partial charge in [0.15, 0.2) is 0 Å². The molecule has 21 heavy (non-hydrogen) atoms. The number of carbonyl (C=O) groups excluding carboxylic acids is 1. The Morgan fingerprint density at radius 1 is 1.24 bits per heavy atom. The van der Waals surface area contributed by atoms with E-state index in [9.17, 15) is 9.18 Å². The summed E-state index contributed by atoms with van der Waals surface area (Å²) >= 11 is 0. The topological polar surface area (TPSA) is 47.6 Å². The summed E-state index contributed by atoms with van der Waals surface area (Å²) in [6.45, 7) is 3.35. The standard InChI is InChI=1S/C16H24FNO3/c1-3-20-16(19)7-5-4-6-8-21-15-10-13(12-18-2)9-14(17)11-15/h9-11,18H,3-8,12H2,1-2H3. The summed E-state index contributed by atoms with van der Waals surface area (Å²) in [6, 6.07) is 4.71. The van der Waals surface area contributed by atoms with Crippen LogP contribution in [-0.4, -0.2) is 26.2 Å². The van der Waals surface area contributed by atoms with Crippen LogP contribution in [0.3, 0.4) is 0 Å². The molecule has 0 unspecified atom stereocenters. The SMILES string of the molecule is CCOC(=O)CCCCCOc1cc(F)cc(CNC)c1. The van der Waals surface area contributed by atoms with Crippen molar-refractivity contribution in [2.75, 3.05) is 20.3 Å². The predicted octanol–water partition coefficient (Wildman–Crippen LogP) is 3.05. The Kier molecular flexibility index (Phi) is 8.43. The monoisotopic (exact) mass is 297 g/mol. The molecule has 0 heterocycles. The summed E-state index contributed by atoms with van der Waals surface area (Å²) in [4.78, 5) is 11.1. The van der Waals surface area contributed by atoms with Crippen LogP contribution in [0.2, 0.25) is 0 Å². The van der Waals surface area contributed by atoms with Gasteiger partial charge < -0.3 is 14.8 Å². The van der Waals surface area contributed by atoms with E-state index in [2.05, 4.69) is 5.32 Å². The lowest BCUT2D eigenvalue weighted by atomic mass is 10.2. The van der Waals surface area contributed by atoms with E-state index in [0.717, 1.165) is 24.8 Å². The molecule has 1 N–H and O–H groups in total. The van der Waals surface area contributed by atoms with Crippen LogP contribution >= 0.6 is 0 Å². The highest BCUT2D eigenvalue weighted by atomic mass is 19.1. The van der Waals surface area contributed by atoms with Gasteiger partial charge in [0.05, 0.1) is 13.2 Å². The fourth-order valence-corrected chi connectivity index (χ4v) is 1.98. The summed E-state index contributed by atoms with van der Waals surface area (Å²) in [5.74, 6) is 0.103. The molecule has 5 heteroatoms. The zero-order valence-corrected chi connectivity index (χ0v) is 12.8. The van der Waals surface area contributed by atoms with Crippen LogP contribution in [0, 0.1) is 5.82 Å². The van der Waals surface area contributed by atoms with Gasteiger partial charge in [-0.15, -0.1) is 0 Å². The lowest BCUT2D eigenvalue weighted by Crippen LogP contribution is -2.06. The molecule has 0 aliphatic rings. The molecule has 0 aliphatic carbocycles. The third kappa shape index (κ3) is 7.66. The summed E-state index contributed by atoms with van der Waals surface area (Å²) in [5.41, 5.74) is 0.856. The Morgan fingerprint density at radius 3 is 2.76 bits per heavy atom. The number of halogens is 1. The average molecular weight is 297 g/mol. The molecule has 0 fully saturated rings. The predicted molar refractivity (Wildman–Crippen MR) is 79.8 cm³/mol. The first-order valence-electron chi connectivity index (χ1n) is 7.38. The van der Waals surface area contributed by atoms with Crippen molar-refractivity contribution in [2.45, 2.75) is 39.2 Å². The minimum absolute atomic E-state index is 0.153. The van der Waals surface area contributed by atoms with E-state index in [-0.39, 0.29) is 11.8 Å². The van der Waals surface area contributed by atoms with Gasteiger partial charge in [-0.1, -0.05) is 0 Å². The van der Waals surface area contributed by atoms with Crippen LogP contribution < -0.4 is 10.1 Å². The van der Waals surface area contributed by atoms with E-state index in [1.165, 1.54) is 12.1 Å². The first-order valence-corrected chi connectivity index (χ1v) is 7.38. The maximum atomic E-state index is 13.4. The minimum Gasteiger partial charge on any atom is -0.493 e. The molecule has 0 bridgehead atoms. The highest BCUT2D eigenvalue weighted by Gasteiger charge is 2.03. The van der Waals surface area contributed by atoms with Crippen molar-refractivity contribution in [3.63, 3.8) is 0 Å². The molecule has 0 saturated carbocycles. The minimum atomic E-state index is -0.292. The highest BCUT2D eigenvalue weighted by Crippen LogP contribution is 2.17. The third-order valence-corrected chi connectivity index (χ3v) is 2.91. The van der Waals surface area contributed by atoms with Crippen LogP contribution in [0.25, 0.3) is 0 Å². The van der Waals surface area contributed by atoms with Crippen molar-refractivity contribution in [2.24, 2.45) is 0 Å². The molecular weight excluding hydrogens is 273 g/mol. The summed E-state index contributed by atoms with van der Waals surface area (Å²) in [7, 11) is 1.81. The number of nitrogens with one attached hydrogen (secondary N) is 1. The summed E-state index contributed by atoms with van der Waals surface area (Å²) in [5, 5.41) is 2.98. The van der Waals surface area contributed by atoms with Crippen molar-refractivity contribution < 1.29 is 18.7 Å². The Morgan fingerprint density at radius 2 is 2.05 bits per heavy atom. The van der Waals surface area contributed by atoms with Gasteiger partial charge in [-0.25, -0.2) is 4.39 Å². The van der Waals surface area contributed by atoms with Gasteiger partial charge in [0.2, 0.25) is 0 Å². The third-order valence-electron chi connectivity index (χ3n) is 2.91. The molecular formula is C16H24FNO3. The van der Waals surface area contributed by atoms with Gasteiger partial charge in [-0.05, 0) is 50.9 Å². The number of unbranched alkanes of at least 4 members (excludes halogenated alkanes) is 2. The smallest absolute Gasteiger partial charge is 0.305 e. The molecule has 1 aromatic carbocycles. The van der Waals surface area contributed by atoms with Crippen LogP contribution in [0.15, 0.2) is 18.2 Å². The van der Waals surface area contributed by atoms with Crippen molar-refractivity contribution >= 4 is 5.97 Å². The largest absolute Gasteiger partial charge is 0.493 e. The molecule has 1 rings (SSSR count). The lowest BCUT2D eigenvalue weighted by Gasteiger charge is -2.08. The quantitative estimate of drug-likeness (QED) is 0.532. The molecule has 0 spiro atoms. The molecule has 4 nitrogen and oxygen atoms in total. The van der Waals surface area contributed by atoms with Gasteiger partial charge in [0.25, 0.3) is 0 Å². The molecule has 0 aromatic heterocycles. The van der Waals surface area contributed by atoms with E-state index in [1.807, 2.05) is 13.1 Å². The van der Waals surface area contributed by atoms with Gasteiger partial charge in [0, 0.05) is 19.0 Å². The van der Waals surface area contributed by atoms with Crippen molar-refractivity contribution in [1.82, 2.24) is 5.32 Å². The van der Waals surface area contributed by atoms with Gasteiger partial charge in [-0.2, -0.15) is 0 Å². The van der Waals surface area contributed by atoms with E-state index in [4.69, 9.17) is 9.47 Å². The molecule has 0 saturated heterocycles. The Hall–Kier alpha value is -1.62. The van der Waals surface area contributed by atoms with Crippen LogP contribution in [0.4, 0.5) is 4.39 Å². The number of rotatable bonds is 10. The number of carbonyl (C=O) groups is 1. The number of esters is 1. The number of benzene rings is 1.